The monoisotopic (exact) mass is 471 g/mol. The van der Waals surface area contributed by atoms with Crippen molar-refractivity contribution >= 4 is 23.6 Å². The molecule has 1 atom stereocenters. The predicted octanol–water partition coefficient (Wildman–Crippen LogP) is 4.84. The van der Waals surface area contributed by atoms with Crippen LogP contribution in [0.3, 0.4) is 0 Å². The normalized spacial score (nSPS) is 24.3. The summed E-state index contributed by atoms with van der Waals surface area (Å²) in [5.74, 6) is 0.854. The fourth-order valence-electron chi connectivity index (χ4n) is 6.00. The van der Waals surface area contributed by atoms with E-state index < -0.39 is 5.54 Å². The first-order chi connectivity index (χ1) is 16.1. The summed E-state index contributed by atoms with van der Waals surface area (Å²) in [7, 11) is 0. The van der Waals surface area contributed by atoms with Gasteiger partial charge < -0.3 is 10.2 Å². The number of benzene rings is 1. The maximum atomic E-state index is 13.7. The van der Waals surface area contributed by atoms with Crippen LogP contribution in [0.15, 0.2) is 29.2 Å². The van der Waals surface area contributed by atoms with Gasteiger partial charge in [-0.15, -0.1) is 11.8 Å². The van der Waals surface area contributed by atoms with E-state index in [9.17, 15) is 9.59 Å². The maximum Gasteiger partial charge on any atom is 0.246 e. The van der Waals surface area contributed by atoms with Gasteiger partial charge in [-0.3, -0.25) is 14.5 Å². The molecule has 1 unspecified atom stereocenters. The average Bonchev–Trinajstić information content (AvgIpc) is 2.85. The number of thioether (sulfide) groups is 1. The van der Waals surface area contributed by atoms with Crippen molar-refractivity contribution in [2.45, 2.75) is 94.2 Å². The van der Waals surface area contributed by atoms with E-state index in [4.69, 9.17) is 0 Å². The molecule has 3 fully saturated rings. The van der Waals surface area contributed by atoms with E-state index in [1.807, 2.05) is 4.90 Å². The second-order valence-electron chi connectivity index (χ2n) is 10.3. The third-order valence-corrected chi connectivity index (χ3v) is 8.83. The highest BCUT2D eigenvalue weighted by atomic mass is 32.2. The van der Waals surface area contributed by atoms with Crippen molar-refractivity contribution < 1.29 is 9.59 Å². The van der Waals surface area contributed by atoms with Gasteiger partial charge in [0.15, 0.2) is 0 Å². The lowest BCUT2D eigenvalue weighted by Gasteiger charge is -2.52. The number of piperazine rings is 1. The molecule has 2 saturated heterocycles. The van der Waals surface area contributed by atoms with Gasteiger partial charge in [0, 0.05) is 31.1 Å². The Morgan fingerprint density at radius 1 is 1.06 bits per heavy atom. The Balaban J connectivity index is 1.42. The number of nitrogens with zero attached hydrogens (tertiary/aromatic N) is 2. The average molecular weight is 472 g/mol. The van der Waals surface area contributed by atoms with Crippen molar-refractivity contribution in [1.82, 2.24) is 15.1 Å². The van der Waals surface area contributed by atoms with E-state index in [0.717, 1.165) is 51.7 Å². The van der Waals surface area contributed by atoms with Crippen LogP contribution in [0.25, 0.3) is 0 Å². The molecule has 4 rings (SSSR count). The number of unbranched alkanes of at least 4 members (excludes halogenated alkanes) is 1. The Morgan fingerprint density at radius 2 is 1.76 bits per heavy atom. The lowest BCUT2D eigenvalue weighted by Crippen LogP contribution is -2.73. The van der Waals surface area contributed by atoms with E-state index in [1.165, 1.54) is 42.6 Å². The Bertz CT molecular complexity index is 798. The minimum atomic E-state index is -0.658. The molecule has 1 aromatic carbocycles. The molecule has 0 aromatic heterocycles. The Kier molecular flexibility index (Phi) is 8.39. The first-order valence-corrected chi connectivity index (χ1v) is 14.3. The molecule has 2 amide bonds. The number of likely N-dealkylation sites (tertiary alicyclic amines) is 1. The van der Waals surface area contributed by atoms with Crippen molar-refractivity contribution in [1.29, 1.82) is 0 Å². The molecule has 5 nitrogen and oxygen atoms in total. The van der Waals surface area contributed by atoms with E-state index in [2.05, 4.69) is 47.7 Å². The van der Waals surface area contributed by atoms with Gasteiger partial charge >= 0.3 is 0 Å². The number of hydrogen-bond donors (Lipinski definition) is 1. The summed E-state index contributed by atoms with van der Waals surface area (Å²) < 4.78 is 0. The van der Waals surface area contributed by atoms with Crippen LogP contribution in [-0.2, 0) is 16.1 Å². The summed E-state index contributed by atoms with van der Waals surface area (Å²) in [5.41, 5.74) is 0.650. The summed E-state index contributed by atoms with van der Waals surface area (Å²) >= 11 is 1.76. The largest absolute Gasteiger partial charge is 0.342 e. The van der Waals surface area contributed by atoms with Gasteiger partial charge in [0.05, 0.1) is 0 Å². The molecule has 33 heavy (non-hydrogen) atoms. The third kappa shape index (κ3) is 5.59. The number of piperidine rings is 1. The zero-order valence-electron chi connectivity index (χ0n) is 20.5. The number of carbonyl (C=O) groups is 2. The molecule has 3 aliphatic rings. The first-order valence-electron chi connectivity index (χ1n) is 13.0. The molecule has 1 aliphatic carbocycles. The summed E-state index contributed by atoms with van der Waals surface area (Å²) in [6.07, 6.45) is 12.6. The van der Waals surface area contributed by atoms with Gasteiger partial charge in [0.2, 0.25) is 11.8 Å². The zero-order chi connectivity index (χ0) is 23.3. The molecular formula is C27H41N3O2S. The molecule has 1 N–H and O–H groups in total. The van der Waals surface area contributed by atoms with Crippen LogP contribution < -0.4 is 5.32 Å². The SMILES string of the molecule is CCCCN1C(=O)C(CC2CCCCC2)NC(=O)C12CCN(Cc1ccc(SC)cc1)CC2. The van der Waals surface area contributed by atoms with Gasteiger partial charge in [0.25, 0.3) is 0 Å². The number of rotatable bonds is 8. The molecule has 0 radical (unpaired) electrons. The van der Waals surface area contributed by atoms with Gasteiger partial charge in [-0.05, 0) is 55.6 Å². The summed E-state index contributed by atoms with van der Waals surface area (Å²) in [6.45, 7) is 5.47. The molecule has 6 heteroatoms. The van der Waals surface area contributed by atoms with Crippen LogP contribution in [0, 0.1) is 5.92 Å². The van der Waals surface area contributed by atoms with Gasteiger partial charge in [-0.25, -0.2) is 0 Å². The zero-order valence-corrected chi connectivity index (χ0v) is 21.3. The maximum absolute atomic E-state index is 13.7. The van der Waals surface area contributed by atoms with Crippen LogP contribution in [-0.4, -0.2) is 59.1 Å². The molecular weight excluding hydrogens is 430 g/mol. The molecule has 2 aliphatic heterocycles. The minimum Gasteiger partial charge on any atom is -0.342 e. The standard InChI is InChI=1S/C27H41N3O2S/c1-3-4-16-30-25(31)24(19-21-8-6-5-7-9-21)28-26(32)27(30)14-17-29(18-15-27)20-22-10-12-23(33-2)13-11-22/h10-13,21,24H,3-9,14-20H2,1-2H3,(H,28,32). The van der Waals surface area contributed by atoms with Crippen molar-refractivity contribution in [2.24, 2.45) is 5.92 Å². The van der Waals surface area contributed by atoms with E-state index in [0.29, 0.717) is 12.5 Å². The summed E-state index contributed by atoms with van der Waals surface area (Å²) in [4.78, 5) is 32.9. The van der Waals surface area contributed by atoms with Crippen molar-refractivity contribution in [2.75, 3.05) is 25.9 Å². The highest BCUT2D eigenvalue weighted by molar-refractivity contribution is 7.98. The predicted molar refractivity (Wildman–Crippen MR) is 135 cm³/mol. The lowest BCUT2D eigenvalue weighted by atomic mass is 9.79. The highest BCUT2D eigenvalue weighted by Crippen LogP contribution is 2.36. The molecule has 1 spiro atoms. The second-order valence-corrected chi connectivity index (χ2v) is 11.1. The number of carbonyl (C=O) groups excluding carboxylic acids is 2. The van der Waals surface area contributed by atoms with E-state index in [1.54, 1.807) is 11.8 Å². The number of amides is 2. The van der Waals surface area contributed by atoms with Crippen molar-refractivity contribution in [3.05, 3.63) is 29.8 Å². The molecule has 1 saturated carbocycles. The van der Waals surface area contributed by atoms with E-state index in [-0.39, 0.29) is 17.9 Å². The molecule has 1 aromatic rings. The van der Waals surface area contributed by atoms with Crippen molar-refractivity contribution in [3.8, 4) is 0 Å². The van der Waals surface area contributed by atoms with E-state index >= 15 is 0 Å². The quantitative estimate of drug-likeness (QED) is 0.551. The Morgan fingerprint density at radius 3 is 2.39 bits per heavy atom. The van der Waals surface area contributed by atoms with Crippen LogP contribution in [0.1, 0.15) is 76.7 Å². The fourth-order valence-corrected chi connectivity index (χ4v) is 6.41. The first kappa shape index (κ1) is 24.6. The molecule has 0 bridgehead atoms. The lowest BCUT2D eigenvalue weighted by molar-refractivity contribution is -0.162. The second kappa shape index (κ2) is 11.3. The fraction of sp³-hybridized carbons (Fsp3) is 0.704. The van der Waals surface area contributed by atoms with Crippen LogP contribution in [0.4, 0.5) is 0 Å². The Labute approximate surface area is 204 Å². The van der Waals surface area contributed by atoms with Crippen molar-refractivity contribution in [3.63, 3.8) is 0 Å². The minimum absolute atomic E-state index is 0.1000. The topological polar surface area (TPSA) is 52.7 Å². The van der Waals surface area contributed by atoms with Crippen LogP contribution >= 0.6 is 11.8 Å². The summed E-state index contributed by atoms with van der Waals surface area (Å²) in [5, 5.41) is 3.21. The number of nitrogens with one attached hydrogen (secondary N) is 1. The smallest absolute Gasteiger partial charge is 0.246 e. The highest BCUT2D eigenvalue weighted by Gasteiger charge is 2.53. The van der Waals surface area contributed by atoms with Gasteiger partial charge in [-0.1, -0.05) is 57.6 Å². The number of hydrogen-bond acceptors (Lipinski definition) is 4. The molecule has 182 valence electrons. The van der Waals surface area contributed by atoms with Crippen LogP contribution in [0.2, 0.25) is 0 Å². The Hall–Kier alpha value is -1.53. The van der Waals surface area contributed by atoms with Gasteiger partial charge in [-0.2, -0.15) is 0 Å². The van der Waals surface area contributed by atoms with Crippen LogP contribution in [0.5, 0.6) is 0 Å². The molecule has 2 heterocycles. The summed E-state index contributed by atoms with van der Waals surface area (Å²) in [6, 6.07) is 8.44. The third-order valence-electron chi connectivity index (χ3n) is 8.09. The van der Waals surface area contributed by atoms with Gasteiger partial charge in [0.1, 0.15) is 11.6 Å².